The van der Waals surface area contributed by atoms with E-state index < -0.39 is 0 Å². The minimum Gasteiger partial charge on any atom is -0.486 e. The molecule has 5 heteroatoms. The van der Waals surface area contributed by atoms with Crippen molar-refractivity contribution in [2.24, 2.45) is 10.9 Å². The van der Waals surface area contributed by atoms with Gasteiger partial charge in [-0.05, 0) is 31.9 Å². The molecule has 0 aliphatic carbocycles. The highest BCUT2D eigenvalue weighted by molar-refractivity contribution is 5.79. The maximum atomic E-state index is 13.5. The lowest BCUT2D eigenvalue weighted by Gasteiger charge is -2.18. The number of hydrogen-bond donors (Lipinski definition) is 2. The maximum Gasteiger partial charge on any atom is 0.191 e. The summed E-state index contributed by atoms with van der Waals surface area (Å²) in [6.07, 6.45) is -0.162. The Morgan fingerprint density at radius 2 is 1.95 bits per heavy atom. The van der Waals surface area contributed by atoms with Gasteiger partial charge in [0.15, 0.2) is 17.5 Å². The molecule has 0 amide bonds. The van der Waals surface area contributed by atoms with Gasteiger partial charge in [-0.2, -0.15) is 0 Å². The minimum atomic E-state index is -0.343. The molecule has 2 N–H and O–H groups in total. The Labute approximate surface area is 126 Å². The average Bonchev–Trinajstić information content (AvgIpc) is 2.44. The van der Waals surface area contributed by atoms with Gasteiger partial charge in [0.25, 0.3) is 0 Å². The summed E-state index contributed by atoms with van der Waals surface area (Å²) in [4.78, 5) is 4.47. The molecule has 1 atom stereocenters. The fourth-order valence-electron chi connectivity index (χ4n) is 1.65. The Balaban J connectivity index is 2.47. The molecule has 0 aliphatic rings. The molecular weight excluding hydrogens is 269 g/mol. The standard InChI is InChI=1S/C16H26FN3O/c1-5-18-16(19-10-12(2)3)20-11-13(4)21-15-9-7-6-8-14(15)17/h6-9,12-13H,5,10-11H2,1-4H3,(H2,18,19,20). The molecule has 0 bridgehead atoms. The minimum absolute atomic E-state index is 0.162. The van der Waals surface area contributed by atoms with Crippen molar-refractivity contribution in [1.29, 1.82) is 0 Å². The number of halogens is 1. The first-order valence-electron chi connectivity index (χ1n) is 7.46. The normalized spacial score (nSPS) is 13.1. The van der Waals surface area contributed by atoms with Gasteiger partial charge in [-0.25, -0.2) is 4.39 Å². The molecule has 1 unspecified atom stereocenters. The van der Waals surface area contributed by atoms with E-state index >= 15 is 0 Å². The lowest BCUT2D eigenvalue weighted by Crippen LogP contribution is -2.42. The van der Waals surface area contributed by atoms with Crippen LogP contribution in [0.15, 0.2) is 29.3 Å². The SMILES string of the molecule is CCNC(=NCC(C)C)NCC(C)Oc1ccccc1F. The van der Waals surface area contributed by atoms with E-state index in [-0.39, 0.29) is 17.7 Å². The second-order valence-corrected chi connectivity index (χ2v) is 5.35. The Kier molecular flexibility index (Phi) is 7.58. The number of nitrogens with zero attached hydrogens (tertiary/aromatic N) is 1. The summed E-state index contributed by atoms with van der Waals surface area (Å²) >= 11 is 0. The van der Waals surface area contributed by atoms with E-state index in [4.69, 9.17) is 4.74 Å². The molecule has 0 aromatic heterocycles. The van der Waals surface area contributed by atoms with Crippen LogP contribution in [-0.4, -0.2) is 31.7 Å². The molecule has 1 rings (SSSR count). The van der Waals surface area contributed by atoms with Crippen LogP contribution < -0.4 is 15.4 Å². The van der Waals surface area contributed by atoms with Crippen LogP contribution in [0, 0.1) is 11.7 Å². The van der Waals surface area contributed by atoms with Crippen molar-refractivity contribution >= 4 is 5.96 Å². The summed E-state index contributed by atoms with van der Waals surface area (Å²) in [7, 11) is 0. The number of rotatable bonds is 7. The Bertz CT molecular complexity index is 449. The highest BCUT2D eigenvalue weighted by Crippen LogP contribution is 2.16. The smallest absolute Gasteiger partial charge is 0.191 e. The van der Waals surface area contributed by atoms with Crippen molar-refractivity contribution in [2.75, 3.05) is 19.6 Å². The number of hydrogen-bond acceptors (Lipinski definition) is 2. The van der Waals surface area contributed by atoms with E-state index in [2.05, 4.69) is 29.5 Å². The fraction of sp³-hybridized carbons (Fsp3) is 0.562. The van der Waals surface area contributed by atoms with Crippen LogP contribution >= 0.6 is 0 Å². The number of benzene rings is 1. The summed E-state index contributed by atoms with van der Waals surface area (Å²) < 4.78 is 19.1. The van der Waals surface area contributed by atoms with Crippen LogP contribution in [-0.2, 0) is 0 Å². The van der Waals surface area contributed by atoms with Gasteiger partial charge < -0.3 is 15.4 Å². The van der Waals surface area contributed by atoms with Crippen LogP contribution in [0.25, 0.3) is 0 Å². The van der Waals surface area contributed by atoms with Crippen LogP contribution in [0.1, 0.15) is 27.7 Å². The molecule has 0 spiro atoms. The first-order valence-corrected chi connectivity index (χ1v) is 7.46. The maximum absolute atomic E-state index is 13.5. The van der Waals surface area contributed by atoms with Crippen LogP contribution in [0.3, 0.4) is 0 Å². The zero-order valence-electron chi connectivity index (χ0n) is 13.3. The molecule has 4 nitrogen and oxygen atoms in total. The van der Waals surface area contributed by atoms with Gasteiger partial charge in [-0.1, -0.05) is 26.0 Å². The number of guanidine groups is 1. The van der Waals surface area contributed by atoms with Crippen LogP contribution in [0.5, 0.6) is 5.75 Å². The van der Waals surface area contributed by atoms with E-state index in [0.29, 0.717) is 12.5 Å². The van der Waals surface area contributed by atoms with Crippen LogP contribution in [0.2, 0.25) is 0 Å². The van der Waals surface area contributed by atoms with E-state index in [0.717, 1.165) is 19.0 Å². The number of aliphatic imine (C=N–C) groups is 1. The lowest BCUT2D eigenvalue weighted by atomic mass is 10.2. The molecule has 0 saturated carbocycles. The quantitative estimate of drug-likeness (QED) is 0.600. The summed E-state index contributed by atoms with van der Waals surface area (Å²) in [6, 6.07) is 6.42. The van der Waals surface area contributed by atoms with E-state index in [1.165, 1.54) is 6.07 Å². The van der Waals surface area contributed by atoms with Gasteiger partial charge in [0.1, 0.15) is 6.10 Å². The molecule has 0 aliphatic heterocycles. The van der Waals surface area contributed by atoms with Gasteiger partial charge in [-0.15, -0.1) is 0 Å². The molecule has 0 heterocycles. The summed E-state index contributed by atoms with van der Waals surface area (Å²) in [5.41, 5.74) is 0. The third-order valence-electron chi connectivity index (χ3n) is 2.68. The number of nitrogens with one attached hydrogen (secondary N) is 2. The highest BCUT2D eigenvalue weighted by atomic mass is 19.1. The van der Waals surface area contributed by atoms with Crippen molar-refractivity contribution in [2.45, 2.75) is 33.8 Å². The second-order valence-electron chi connectivity index (χ2n) is 5.35. The molecule has 0 radical (unpaired) electrons. The van der Waals surface area contributed by atoms with Crippen molar-refractivity contribution in [3.63, 3.8) is 0 Å². The van der Waals surface area contributed by atoms with Gasteiger partial charge >= 0.3 is 0 Å². The van der Waals surface area contributed by atoms with Crippen molar-refractivity contribution < 1.29 is 9.13 Å². The van der Waals surface area contributed by atoms with E-state index in [1.807, 2.05) is 13.8 Å². The molecule has 1 aromatic carbocycles. The Morgan fingerprint density at radius 3 is 2.57 bits per heavy atom. The largest absolute Gasteiger partial charge is 0.486 e. The molecule has 1 aromatic rings. The fourth-order valence-corrected chi connectivity index (χ4v) is 1.65. The van der Waals surface area contributed by atoms with Crippen LogP contribution in [0.4, 0.5) is 4.39 Å². The Hall–Kier alpha value is -1.78. The number of para-hydroxylation sites is 1. The Morgan fingerprint density at radius 1 is 1.24 bits per heavy atom. The zero-order valence-corrected chi connectivity index (χ0v) is 13.3. The zero-order chi connectivity index (χ0) is 15.7. The first-order chi connectivity index (χ1) is 10.0. The molecule has 0 fully saturated rings. The molecule has 118 valence electrons. The van der Waals surface area contributed by atoms with Gasteiger partial charge in [0, 0.05) is 13.1 Å². The molecular formula is C16H26FN3O. The van der Waals surface area contributed by atoms with Crippen molar-refractivity contribution in [1.82, 2.24) is 10.6 Å². The van der Waals surface area contributed by atoms with Gasteiger partial charge in [-0.3, -0.25) is 4.99 Å². The van der Waals surface area contributed by atoms with Gasteiger partial charge in [0.05, 0.1) is 6.54 Å². The van der Waals surface area contributed by atoms with Gasteiger partial charge in [0.2, 0.25) is 0 Å². The molecule has 0 saturated heterocycles. The van der Waals surface area contributed by atoms with E-state index in [9.17, 15) is 4.39 Å². The van der Waals surface area contributed by atoms with Crippen molar-refractivity contribution in [3.8, 4) is 5.75 Å². The average molecular weight is 295 g/mol. The predicted molar refractivity (Wildman–Crippen MR) is 85.3 cm³/mol. The topological polar surface area (TPSA) is 45.7 Å². The summed E-state index contributed by atoms with van der Waals surface area (Å²) in [6.45, 7) is 10.3. The van der Waals surface area contributed by atoms with Crippen molar-refractivity contribution in [3.05, 3.63) is 30.1 Å². The number of ether oxygens (including phenoxy) is 1. The third-order valence-corrected chi connectivity index (χ3v) is 2.68. The van der Waals surface area contributed by atoms with E-state index in [1.54, 1.807) is 18.2 Å². The lowest BCUT2D eigenvalue weighted by molar-refractivity contribution is 0.214. The third kappa shape index (κ3) is 6.97. The molecule has 21 heavy (non-hydrogen) atoms. The monoisotopic (exact) mass is 295 g/mol. The summed E-state index contributed by atoms with van der Waals surface area (Å²) in [5.74, 6) is 1.20. The highest BCUT2D eigenvalue weighted by Gasteiger charge is 2.08. The first kappa shape index (κ1) is 17.3. The predicted octanol–water partition coefficient (Wildman–Crippen LogP) is 2.80. The summed E-state index contributed by atoms with van der Waals surface area (Å²) in [5, 5.41) is 6.38. The second kappa shape index (κ2) is 9.21.